The molecule has 17 heavy (non-hydrogen) atoms. The quantitative estimate of drug-likeness (QED) is 0.907. The Balaban J connectivity index is 2.11. The van der Waals surface area contributed by atoms with Gasteiger partial charge in [0.2, 0.25) is 0 Å². The summed E-state index contributed by atoms with van der Waals surface area (Å²) in [5.41, 5.74) is 3.09. The molecule has 1 aromatic carbocycles. The lowest BCUT2D eigenvalue weighted by Crippen LogP contribution is -2.14. The number of nitrogens with one attached hydrogen (secondary N) is 1. The largest absolute Gasteiger partial charge is 0.295 e. The van der Waals surface area contributed by atoms with E-state index in [9.17, 15) is 4.79 Å². The van der Waals surface area contributed by atoms with Gasteiger partial charge in [-0.3, -0.25) is 9.89 Å². The van der Waals surface area contributed by atoms with Crippen molar-refractivity contribution in [2.24, 2.45) is 0 Å². The minimum atomic E-state index is 0.0253. The van der Waals surface area contributed by atoms with E-state index in [2.05, 4.69) is 21.0 Å². The molecule has 2 aromatic rings. The summed E-state index contributed by atoms with van der Waals surface area (Å²) in [5, 5.41) is 3.21. The van der Waals surface area contributed by atoms with Gasteiger partial charge < -0.3 is 0 Å². The summed E-state index contributed by atoms with van der Waals surface area (Å²) in [6.45, 7) is 2.00. The zero-order chi connectivity index (χ0) is 12.0. The highest BCUT2D eigenvalue weighted by Gasteiger charge is 2.26. The van der Waals surface area contributed by atoms with Crippen LogP contribution in [0.25, 0.3) is 5.69 Å². The Morgan fingerprint density at radius 2 is 2.12 bits per heavy atom. The summed E-state index contributed by atoms with van der Waals surface area (Å²) in [5.74, 6) is 0.569. The molecule has 3 rings (SSSR count). The number of benzene rings is 1. The summed E-state index contributed by atoms with van der Waals surface area (Å²) >= 11 is 3.43. The zero-order valence-corrected chi connectivity index (χ0v) is 11.1. The average Bonchev–Trinajstić information content (AvgIpc) is 3.04. The van der Waals surface area contributed by atoms with Gasteiger partial charge in [-0.15, -0.1) is 0 Å². The smallest absolute Gasteiger partial charge is 0.271 e. The van der Waals surface area contributed by atoms with Crippen LogP contribution in [0.2, 0.25) is 0 Å². The molecule has 0 bridgehead atoms. The lowest BCUT2D eigenvalue weighted by atomic mass is 10.2. The maximum atomic E-state index is 11.9. The van der Waals surface area contributed by atoms with E-state index in [4.69, 9.17) is 0 Å². The Labute approximate surface area is 108 Å². The lowest BCUT2D eigenvalue weighted by Gasteiger charge is -2.06. The van der Waals surface area contributed by atoms with Gasteiger partial charge in [-0.25, -0.2) is 4.68 Å². The molecule has 1 saturated carbocycles. The molecule has 0 saturated heterocycles. The summed E-state index contributed by atoms with van der Waals surface area (Å²) in [6.07, 6.45) is 2.39. The van der Waals surface area contributed by atoms with Gasteiger partial charge in [-0.2, -0.15) is 0 Å². The SMILES string of the molecule is Cc1cc(Br)ccc1-n1[nH]c(C2CC2)cc1=O. The molecule has 0 aliphatic heterocycles. The van der Waals surface area contributed by atoms with Crippen LogP contribution in [-0.2, 0) is 0 Å². The summed E-state index contributed by atoms with van der Waals surface area (Å²) < 4.78 is 2.66. The van der Waals surface area contributed by atoms with Crippen molar-refractivity contribution in [3.63, 3.8) is 0 Å². The predicted octanol–water partition coefficient (Wildman–Crippen LogP) is 3.11. The number of aromatic amines is 1. The molecule has 1 heterocycles. The van der Waals surface area contributed by atoms with Crippen molar-refractivity contribution in [3.05, 3.63) is 50.3 Å². The third-order valence-electron chi connectivity index (χ3n) is 3.16. The first kappa shape index (κ1) is 10.8. The van der Waals surface area contributed by atoms with Gasteiger partial charge in [0.25, 0.3) is 5.56 Å². The molecule has 88 valence electrons. The summed E-state index contributed by atoms with van der Waals surface area (Å²) in [7, 11) is 0. The first-order chi connectivity index (χ1) is 8.15. The molecule has 1 N–H and O–H groups in total. The van der Waals surface area contributed by atoms with Crippen LogP contribution in [-0.4, -0.2) is 9.78 Å². The van der Waals surface area contributed by atoms with Crippen molar-refractivity contribution in [2.75, 3.05) is 0 Å². The summed E-state index contributed by atoms with van der Waals surface area (Å²) in [4.78, 5) is 11.9. The van der Waals surface area contributed by atoms with Crippen LogP contribution in [0.15, 0.2) is 33.5 Å². The molecule has 0 atom stereocenters. The van der Waals surface area contributed by atoms with E-state index in [0.717, 1.165) is 21.4 Å². The molecule has 3 nitrogen and oxygen atoms in total. The highest BCUT2D eigenvalue weighted by molar-refractivity contribution is 9.10. The molecule has 0 spiro atoms. The first-order valence-corrected chi connectivity index (χ1v) is 6.53. The average molecular weight is 293 g/mol. The van der Waals surface area contributed by atoms with Crippen LogP contribution < -0.4 is 5.56 Å². The molecule has 0 amide bonds. The normalized spacial score (nSPS) is 15.2. The van der Waals surface area contributed by atoms with Gasteiger partial charge in [0, 0.05) is 22.2 Å². The Bertz CT molecular complexity index is 623. The number of halogens is 1. The molecule has 4 heteroatoms. The van der Waals surface area contributed by atoms with E-state index in [1.54, 1.807) is 10.7 Å². The number of H-pyrrole nitrogens is 1. The second kappa shape index (κ2) is 3.88. The fraction of sp³-hybridized carbons (Fsp3) is 0.308. The minimum absolute atomic E-state index is 0.0253. The number of rotatable bonds is 2. The standard InChI is InChI=1S/C13H13BrN2O/c1-8-6-10(14)4-5-12(8)16-13(17)7-11(15-16)9-2-3-9/h4-7,9,15H,2-3H2,1H3. The molecular weight excluding hydrogens is 280 g/mol. The van der Waals surface area contributed by atoms with Gasteiger partial charge in [0.05, 0.1) is 5.69 Å². The van der Waals surface area contributed by atoms with Crippen LogP contribution in [0, 0.1) is 6.92 Å². The van der Waals surface area contributed by atoms with Crippen molar-refractivity contribution < 1.29 is 0 Å². The fourth-order valence-corrected chi connectivity index (χ4v) is 2.54. The topological polar surface area (TPSA) is 37.8 Å². The first-order valence-electron chi connectivity index (χ1n) is 5.73. The van der Waals surface area contributed by atoms with Crippen LogP contribution in [0.5, 0.6) is 0 Å². The maximum Gasteiger partial charge on any atom is 0.271 e. The summed E-state index contributed by atoms with van der Waals surface area (Å²) in [6, 6.07) is 7.64. The van der Waals surface area contributed by atoms with Gasteiger partial charge in [-0.05, 0) is 43.5 Å². The molecule has 1 aliphatic carbocycles. The predicted molar refractivity (Wildman–Crippen MR) is 70.8 cm³/mol. The minimum Gasteiger partial charge on any atom is -0.295 e. The van der Waals surface area contributed by atoms with Gasteiger partial charge in [-0.1, -0.05) is 15.9 Å². The van der Waals surface area contributed by atoms with Crippen LogP contribution in [0.1, 0.15) is 30.0 Å². The highest BCUT2D eigenvalue weighted by atomic mass is 79.9. The monoisotopic (exact) mass is 292 g/mol. The van der Waals surface area contributed by atoms with Gasteiger partial charge >= 0.3 is 0 Å². The molecule has 1 aromatic heterocycles. The molecule has 0 radical (unpaired) electrons. The molecule has 1 aliphatic rings. The highest BCUT2D eigenvalue weighted by Crippen LogP contribution is 2.38. The van der Waals surface area contributed by atoms with Crippen molar-refractivity contribution in [2.45, 2.75) is 25.7 Å². The van der Waals surface area contributed by atoms with Crippen LogP contribution in [0.3, 0.4) is 0 Å². The van der Waals surface area contributed by atoms with Crippen molar-refractivity contribution in [3.8, 4) is 5.69 Å². The number of aryl methyl sites for hydroxylation is 1. The number of nitrogens with zero attached hydrogens (tertiary/aromatic N) is 1. The van der Waals surface area contributed by atoms with Crippen molar-refractivity contribution >= 4 is 15.9 Å². The van der Waals surface area contributed by atoms with E-state index in [1.165, 1.54) is 12.8 Å². The van der Waals surface area contributed by atoms with Crippen molar-refractivity contribution in [1.29, 1.82) is 0 Å². The Kier molecular flexibility index (Phi) is 2.47. The fourth-order valence-electron chi connectivity index (χ4n) is 2.07. The Morgan fingerprint density at radius 1 is 1.35 bits per heavy atom. The van der Waals surface area contributed by atoms with Gasteiger partial charge in [0.1, 0.15) is 0 Å². The number of hydrogen-bond acceptors (Lipinski definition) is 1. The maximum absolute atomic E-state index is 11.9. The lowest BCUT2D eigenvalue weighted by molar-refractivity contribution is 0.810. The third kappa shape index (κ3) is 1.97. The van der Waals surface area contributed by atoms with Crippen LogP contribution in [0.4, 0.5) is 0 Å². The second-order valence-electron chi connectivity index (χ2n) is 4.59. The van der Waals surface area contributed by atoms with E-state index >= 15 is 0 Å². The van der Waals surface area contributed by atoms with E-state index in [-0.39, 0.29) is 5.56 Å². The third-order valence-corrected chi connectivity index (χ3v) is 3.65. The zero-order valence-electron chi connectivity index (χ0n) is 9.53. The Hall–Kier alpha value is -1.29. The van der Waals surface area contributed by atoms with Crippen LogP contribution >= 0.6 is 15.9 Å². The molecular formula is C13H13BrN2O. The Morgan fingerprint density at radius 3 is 2.76 bits per heavy atom. The van der Waals surface area contributed by atoms with E-state index in [0.29, 0.717) is 5.92 Å². The second-order valence-corrected chi connectivity index (χ2v) is 5.51. The van der Waals surface area contributed by atoms with Gasteiger partial charge in [0.15, 0.2) is 0 Å². The molecule has 0 unspecified atom stereocenters. The van der Waals surface area contributed by atoms with E-state index in [1.807, 2.05) is 25.1 Å². The number of hydrogen-bond donors (Lipinski definition) is 1. The molecule has 1 fully saturated rings. The number of aromatic nitrogens is 2. The van der Waals surface area contributed by atoms with E-state index < -0.39 is 0 Å². The van der Waals surface area contributed by atoms with Crippen molar-refractivity contribution in [1.82, 2.24) is 9.78 Å².